The quantitative estimate of drug-likeness (QED) is 0.170. The molecular weight excluding hydrogens is 464 g/mol. The third-order valence-corrected chi connectivity index (χ3v) is 5.95. The Bertz CT molecular complexity index is 1680. The van der Waals surface area contributed by atoms with Crippen LogP contribution in [0.2, 0.25) is 0 Å². The summed E-state index contributed by atoms with van der Waals surface area (Å²) in [5.74, 6) is 1.11. The van der Waals surface area contributed by atoms with E-state index in [4.69, 9.17) is 27.8 Å². The van der Waals surface area contributed by atoms with E-state index < -0.39 is 11.6 Å². The number of hydrogen-bond donors (Lipinski definition) is 0. The number of carbonyl (C=O) groups excluding carboxylic acids is 1. The second-order valence-corrected chi connectivity index (χ2v) is 8.00. The fourth-order valence-corrected chi connectivity index (χ4v) is 4.18. The molecule has 0 saturated heterocycles. The summed E-state index contributed by atoms with van der Waals surface area (Å²) in [5.41, 5.74) is 1.98. The summed E-state index contributed by atoms with van der Waals surface area (Å²) in [6.45, 7) is 1.83. The first kappa shape index (κ1) is 23.0. The standard InChI is InChI=1S/C28H22O8/c1-15-19-10-9-18(34-27(29)24-13-17-6-5-7-21(32-3)26(17)35-24)14-22(19)36-28(30)25(15)16-8-11-20(31-2)23(12-16)33-4/h5-14H,1-4H3. The third kappa shape index (κ3) is 3.92. The van der Waals surface area contributed by atoms with E-state index in [1.807, 2.05) is 13.0 Å². The van der Waals surface area contributed by atoms with Crippen molar-refractivity contribution < 1.29 is 32.6 Å². The number of rotatable bonds is 6. The Hall–Kier alpha value is -4.72. The number of benzene rings is 3. The Kier molecular flexibility index (Phi) is 5.85. The third-order valence-electron chi connectivity index (χ3n) is 5.95. The van der Waals surface area contributed by atoms with Gasteiger partial charge in [0.2, 0.25) is 5.76 Å². The van der Waals surface area contributed by atoms with Crippen LogP contribution in [0.25, 0.3) is 33.1 Å². The number of aryl methyl sites for hydroxylation is 1. The molecule has 0 fully saturated rings. The maximum atomic E-state index is 12.9. The minimum atomic E-state index is -0.686. The van der Waals surface area contributed by atoms with Gasteiger partial charge in [-0.05, 0) is 54.4 Å². The molecule has 182 valence electrons. The molecule has 0 N–H and O–H groups in total. The maximum absolute atomic E-state index is 12.9. The number of ether oxygens (including phenoxy) is 4. The van der Waals surface area contributed by atoms with Crippen molar-refractivity contribution in [3.63, 3.8) is 0 Å². The van der Waals surface area contributed by atoms with E-state index in [-0.39, 0.29) is 11.5 Å². The summed E-state index contributed by atoms with van der Waals surface area (Å²) in [6.07, 6.45) is 0. The maximum Gasteiger partial charge on any atom is 0.379 e. The molecule has 0 atom stereocenters. The number of furan rings is 1. The fourth-order valence-electron chi connectivity index (χ4n) is 4.18. The molecular formula is C28H22O8. The van der Waals surface area contributed by atoms with Gasteiger partial charge >= 0.3 is 11.6 Å². The van der Waals surface area contributed by atoms with Crippen molar-refractivity contribution in [2.75, 3.05) is 21.3 Å². The molecule has 0 spiro atoms. The van der Waals surface area contributed by atoms with Crippen LogP contribution in [0, 0.1) is 6.92 Å². The summed E-state index contributed by atoms with van der Waals surface area (Å²) in [5, 5.41) is 1.41. The van der Waals surface area contributed by atoms with Crippen molar-refractivity contribution in [1.82, 2.24) is 0 Å². The van der Waals surface area contributed by atoms with Gasteiger partial charge in [-0.3, -0.25) is 0 Å². The van der Waals surface area contributed by atoms with Gasteiger partial charge in [0.25, 0.3) is 0 Å². The minimum absolute atomic E-state index is 0.0241. The molecule has 0 radical (unpaired) electrons. The predicted octanol–water partition coefficient (Wildman–Crippen LogP) is 5.76. The Balaban J connectivity index is 1.49. The molecule has 8 heteroatoms. The number of para-hydroxylation sites is 1. The number of carbonyl (C=O) groups is 1. The largest absolute Gasteiger partial charge is 0.493 e. The lowest BCUT2D eigenvalue weighted by Gasteiger charge is -2.12. The van der Waals surface area contributed by atoms with Crippen LogP contribution in [0.5, 0.6) is 23.0 Å². The summed E-state index contributed by atoms with van der Waals surface area (Å²) in [4.78, 5) is 25.7. The van der Waals surface area contributed by atoms with Gasteiger partial charge in [0.1, 0.15) is 11.3 Å². The van der Waals surface area contributed by atoms with Crippen LogP contribution in [0.1, 0.15) is 16.1 Å². The van der Waals surface area contributed by atoms with Crippen molar-refractivity contribution >= 4 is 27.9 Å². The number of hydrogen-bond acceptors (Lipinski definition) is 8. The summed E-state index contributed by atoms with van der Waals surface area (Å²) >= 11 is 0. The van der Waals surface area contributed by atoms with E-state index in [1.165, 1.54) is 20.3 Å². The highest BCUT2D eigenvalue weighted by molar-refractivity contribution is 5.96. The molecule has 0 aliphatic carbocycles. The SMILES string of the molecule is COc1ccc(-c2c(C)c3ccc(OC(=O)c4cc5cccc(OC)c5o4)cc3oc2=O)cc1OC. The van der Waals surface area contributed by atoms with Crippen LogP contribution in [0.15, 0.2) is 74.3 Å². The molecule has 8 nitrogen and oxygen atoms in total. The predicted molar refractivity (Wildman–Crippen MR) is 133 cm³/mol. The molecule has 0 aliphatic rings. The first-order valence-corrected chi connectivity index (χ1v) is 11.0. The van der Waals surface area contributed by atoms with Crippen LogP contribution in [-0.2, 0) is 0 Å². The van der Waals surface area contributed by atoms with E-state index in [0.29, 0.717) is 50.3 Å². The average Bonchev–Trinajstić information content (AvgIpc) is 3.33. The van der Waals surface area contributed by atoms with Crippen LogP contribution in [-0.4, -0.2) is 27.3 Å². The highest BCUT2D eigenvalue weighted by atomic mass is 16.5. The van der Waals surface area contributed by atoms with Crippen LogP contribution < -0.4 is 24.6 Å². The highest BCUT2D eigenvalue weighted by Crippen LogP contribution is 2.35. The van der Waals surface area contributed by atoms with Gasteiger partial charge in [0.05, 0.1) is 26.9 Å². The minimum Gasteiger partial charge on any atom is -0.493 e. The van der Waals surface area contributed by atoms with Crippen LogP contribution in [0.4, 0.5) is 0 Å². The summed E-state index contributed by atoms with van der Waals surface area (Å²) in [6, 6.07) is 17.0. The Labute approximate surface area is 205 Å². The molecule has 0 saturated carbocycles. The zero-order valence-corrected chi connectivity index (χ0v) is 20.0. The lowest BCUT2D eigenvalue weighted by atomic mass is 9.99. The zero-order valence-electron chi connectivity index (χ0n) is 20.0. The number of methoxy groups -OCH3 is 3. The molecule has 36 heavy (non-hydrogen) atoms. The van der Waals surface area contributed by atoms with Crippen molar-refractivity contribution in [3.8, 4) is 34.1 Å². The van der Waals surface area contributed by atoms with Crippen molar-refractivity contribution in [2.45, 2.75) is 6.92 Å². The Morgan fingerprint density at radius 2 is 1.58 bits per heavy atom. The van der Waals surface area contributed by atoms with Crippen molar-refractivity contribution in [3.05, 3.63) is 82.4 Å². The van der Waals surface area contributed by atoms with E-state index in [2.05, 4.69) is 0 Å². The molecule has 2 aromatic heterocycles. The monoisotopic (exact) mass is 486 g/mol. The van der Waals surface area contributed by atoms with Gasteiger partial charge < -0.3 is 27.8 Å². The van der Waals surface area contributed by atoms with Crippen molar-refractivity contribution in [1.29, 1.82) is 0 Å². The van der Waals surface area contributed by atoms with E-state index in [0.717, 1.165) is 5.56 Å². The Morgan fingerprint density at radius 3 is 2.33 bits per heavy atom. The fraction of sp³-hybridized carbons (Fsp3) is 0.143. The van der Waals surface area contributed by atoms with Gasteiger partial charge in [-0.2, -0.15) is 0 Å². The van der Waals surface area contributed by atoms with Gasteiger partial charge in [-0.25, -0.2) is 9.59 Å². The first-order valence-electron chi connectivity index (χ1n) is 11.0. The van der Waals surface area contributed by atoms with Gasteiger partial charge in [-0.15, -0.1) is 0 Å². The first-order chi connectivity index (χ1) is 17.4. The Morgan fingerprint density at radius 1 is 0.806 bits per heavy atom. The molecule has 2 heterocycles. The lowest BCUT2D eigenvalue weighted by Crippen LogP contribution is -2.08. The number of fused-ring (bicyclic) bond motifs is 2. The summed E-state index contributed by atoms with van der Waals surface area (Å²) < 4.78 is 32.7. The van der Waals surface area contributed by atoms with Crippen molar-refractivity contribution in [2.24, 2.45) is 0 Å². The molecule has 0 unspecified atom stereocenters. The van der Waals surface area contributed by atoms with Gasteiger partial charge in [0.15, 0.2) is 22.8 Å². The molecule has 0 bridgehead atoms. The van der Waals surface area contributed by atoms with Crippen LogP contribution >= 0.6 is 0 Å². The molecule has 0 amide bonds. The highest BCUT2D eigenvalue weighted by Gasteiger charge is 2.19. The molecule has 0 aliphatic heterocycles. The number of esters is 1. The lowest BCUT2D eigenvalue weighted by molar-refractivity contribution is 0.0704. The van der Waals surface area contributed by atoms with Gasteiger partial charge in [-0.1, -0.05) is 18.2 Å². The topological polar surface area (TPSA) is 97.3 Å². The van der Waals surface area contributed by atoms with E-state index in [1.54, 1.807) is 55.6 Å². The summed E-state index contributed by atoms with van der Waals surface area (Å²) in [7, 11) is 4.60. The zero-order chi connectivity index (χ0) is 25.4. The van der Waals surface area contributed by atoms with Gasteiger partial charge in [0, 0.05) is 16.8 Å². The van der Waals surface area contributed by atoms with Crippen LogP contribution in [0.3, 0.4) is 0 Å². The van der Waals surface area contributed by atoms with E-state index >= 15 is 0 Å². The molecule has 3 aromatic carbocycles. The average molecular weight is 486 g/mol. The smallest absolute Gasteiger partial charge is 0.379 e. The molecule has 5 aromatic rings. The second-order valence-electron chi connectivity index (χ2n) is 8.00. The second kappa shape index (κ2) is 9.14. The molecule has 5 rings (SSSR count). The normalized spacial score (nSPS) is 11.0. The van der Waals surface area contributed by atoms with E-state index in [9.17, 15) is 9.59 Å².